The van der Waals surface area contributed by atoms with Gasteiger partial charge in [0.2, 0.25) is 11.8 Å². The van der Waals surface area contributed by atoms with Gasteiger partial charge in [0.05, 0.1) is 17.4 Å². The van der Waals surface area contributed by atoms with E-state index in [2.05, 4.69) is 5.10 Å². The van der Waals surface area contributed by atoms with Crippen molar-refractivity contribution in [2.45, 2.75) is 38.4 Å². The normalized spacial score (nSPS) is 20.7. The number of hydrogen-bond acceptors (Lipinski definition) is 4. The maximum Gasteiger partial charge on any atom is 0.257 e. The van der Waals surface area contributed by atoms with E-state index in [4.69, 9.17) is 0 Å². The molecule has 0 bridgehead atoms. The molecule has 2 aliphatic heterocycles. The lowest BCUT2D eigenvalue weighted by molar-refractivity contribution is -0.130. The summed E-state index contributed by atoms with van der Waals surface area (Å²) in [6, 6.07) is 7.20. The highest BCUT2D eigenvalue weighted by Gasteiger charge is 2.52. The molecule has 1 fully saturated rings. The lowest BCUT2D eigenvalue weighted by atomic mass is 9.98. The Labute approximate surface area is 169 Å². The standard InChI is InChI=1S/C21H25N5O3/c1-21-10-8-19(28)26(21)17-7-5-4-6-16(17)20(29)25(21)11-9-18(27)23(2)13-15-12-22-24(3)14-15/h4-7,12,14H,8-11,13H2,1-3H3/t21-/m1/s1. The smallest absolute Gasteiger partial charge is 0.257 e. The number of rotatable bonds is 5. The van der Waals surface area contributed by atoms with Crippen molar-refractivity contribution in [2.24, 2.45) is 7.05 Å². The molecule has 0 N–H and O–H groups in total. The molecule has 0 aliphatic carbocycles. The van der Waals surface area contributed by atoms with Gasteiger partial charge in [-0.25, -0.2) is 0 Å². The van der Waals surface area contributed by atoms with Gasteiger partial charge < -0.3 is 9.80 Å². The summed E-state index contributed by atoms with van der Waals surface area (Å²) < 4.78 is 1.70. The van der Waals surface area contributed by atoms with E-state index in [9.17, 15) is 14.4 Å². The molecule has 3 heterocycles. The van der Waals surface area contributed by atoms with E-state index < -0.39 is 5.66 Å². The lowest BCUT2D eigenvalue weighted by Gasteiger charge is -2.48. The number of aryl methyl sites for hydroxylation is 1. The minimum absolute atomic E-state index is 0.0115. The minimum atomic E-state index is -0.731. The van der Waals surface area contributed by atoms with Crippen LogP contribution in [0, 0.1) is 0 Å². The Kier molecular flexibility index (Phi) is 4.64. The molecule has 1 aromatic heterocycles. The van der Waals surface area contributed by atoms with Crippen LogP contribution >= 0.6 is 0 Å². The van der Waals surface area contributed by atoms with Crippen LogP contribution in [-0.4, -0.2) is 56.6 Å². The molecule has 152 valence electrons. The number of carbonyl (C=O) groups excluding carboxylic acids is 3. The number of hydrogen-bond donors (Lipinski definition) is 0. The fourth-order valence-electron chi connectivity index (χ4n) is 4.36. The van der Waals surface area contributed by atoms with Gasteiger partial charge in [0.25, 0.3) is 5.91 Å². The van der Waals surface area contributed by atoms with Crippen LogP contribution in [0.3, 0.4) is 0 Å². The second kappa shape index (κ2) is 7.02. The first kappa shape index (κ1) is 19.2. The van der Waals surface area contributed by atoms with E-state index in [-0.39, 0.29) is 30.7 Å². The summed E-state index contributed by atoms with van der Waals surface area (Å²) in [7, 11) is 3.58. The van der Waals surface area contributed by atoms with Gasteiger partial charge in [-0.1, -0.05) is 12.1 Å². The zero-order valence-electron chi connectivity index (χ0n) is 17.0. The highest BCUT2D eigenvalue weighted by molar-refractivity contribution is 6.10. The van der Waals surface area contributed by atoms with Crippen molar-refractivity contribution < 1.29 is 14.4 Å². The van der Waals surface area contributed by atoms with E-state index in [1.165, 1.54) is 0 Å². The van der Waals surface area contributed by atoms with Gasteiger partial charge in [0.15, 0.2) is 0 Å². The van der Waals surface area contributed by atoms with Crippen molar-refractivity contribution in [3.8, 4) is 0 Å². The third kappa shape index (κ3) is 3.18. The van der Waals surface area contributed by atoms with Crippen LogP contribution in [0.15, 0.2) is 36.7 Å². The second-order valence-corrected chi connectivity index (χ2v) is 7.94. The molecule has 0 saturated carbocycles. The summed E-state index contributed by atoms with van der Waals surface area (Å²) in [5.74, 6) is -0.172. The van der Waals surface area contributed by atoms with Gasteiger partial charge in [-0.05, 0) is 25.5 Å². The number of carbonyl (C=O) groups is 3. The highest BCUT2D eigenvalue weighted by Crippen LogP contribution is 2.43. The van der Waals surface area contributed by atoms with Crippen molar-refractivity contribution in [1.29, 1.82) is 0 Å². The van der Waals surface area contributed by atoms with Crippen molar-refractivity contribution in [1.82, 2.24) is 19.6 Å². The molecule has 1 aromatic carbocycles. The molecule has 8 heteroatoms. The van der Waals surface area contributed by atoms with Gasteiger partial charge in [-0.15, -0.1) is 0 Å². The van der Waals surface area contributed by atoms with Gasteiger partial charge in [-0.2, -0.15) is 5.10 Å². The molecule has 29 heavy (non-hydrogen) atoms. The van der Waals surface area contributed by atoms with Crippen LogP contribution in [0.4, 0.5) is 5.69 Å². The average molecular weight is 395 g/mol. The summed E-state index contributed by atoms with van der Waals surface area (Å²) in [6.45, 7) is 2.64. The van der Waals surface area contributed by atoms with Gasteiger partial charge in [0, 0.05) is 51.8 Å². The predicted molar refractivity (Wildman–Crippen MR) is 107 cm³/mol. The van der Waals surface area contributed by atoms with Crippen molar-refractivity contribution in [3.63, 3.8) is 0 Å². The highest BCUT2D eigenvalue weighted by atomic mass is 16.2. The van der Waals surface area contributed by atoms with Gasteiger partial charge in [0.1, 0.15) is 5.66 Å². The van der Waals surface area contributed by atoms with Crippen LogP contribution in [0.25, 0.3) is 0 Å². The monoisotopic (exact) mass is 395 g/mol. The number of benzene rings is 1. The molecule has 2 aliphatic rings. The number of fused-ring (bicyclic) bond motifs is 3. The van der Waals surface area contributed by atoms with E-state index in [0.29, 0.717) is 30.6 Å². The average Bonchev–Trinajstić information content (AvgIpc) is 3.24. The zero-order valence-corrected chi connectivity index (χ0v) is 17.0. The molecular formula is C21H25N5O3. The number of anilines is 1. The van der Waals surface area contributed by atoms with Crippen LogP contribution < -0.4 is 4.90 Å². The van der Waals surface area contributed by atoms with Crippen molar-refractivity contribution in [3.05, 3.63) is 47.8 Å². The van der Waals surface area contributed by atoms with E-state index in [0.717, 1.165) is 5.56 Å². The predicted octanol–water partition coefficient (Wildman–Crippen LogP) is 1.77. The first-order valence-corrected chi connectivity index (χ1v) is 9.77. The minimum Gasteiger partial charge on any atom is -0.341 e. The molecule has 0 unspecified atom stereocenters. The largest absolute Gasteiger partial charge is 0.341 e. The molecule has 0 radical (unpaired) electrons. The Bertz CT molecular complexity index is 984. The summed E-state index contributed by atoms with van der Waals surface area (Å²) in [4.78, 5) is 43.5. The molecule has 0 spiro atoms. The Morgan fingerprint density at radius 2 is 2.03 bits per heavy atom. The molecule has 8 nitrogen and oxygen atoms in total. The summed E-state index contributed by atoms with van der Waals surface area (Å²) in [5, 5.41) is 4.12. The third-order valence-corrected chi connectivity index (χ3v) is 5.90. The molecule has 1 atom stereocenters. The van der Waals surface area contributed by atoms with Crippen LogP contribution in [0.2, 0.25) is 0 Å². The SMILES string of the molecule is CN(Cc1cnn(C)c1)C(=O)CCN1C(=O)c2ccccc2N2C(=O)CC[C@]12C. The number of amides is 3. The number of aromatic nitrogens is 2. The lowest BCUT2D eigenvalue weighted by Crippen LogP contribution is -2.62. The Morgan fingerprint density at radius 3 is 2.76 bits per heavy atom. The molecule has 3 amide bonds. The molecule has 4 rings (SSSR count). The maximum absolute atomic E-state index is 13.2. The first-order chi connectivity index (χ1) is 13.8. The Hall–Kier alpha value is -3.16. The van der Waals surface area contributed by atoms with Crippen LogP contribution in [0.1, 0.15) is 42.1 Å². The molecule has 1 saturated heterocycles. The van der Waals surface area contributed by atoms with Crippen molar-refractivity contribution >= 4 is 23.4 Å². The first-order valence-electron chi connectivity index (χ1n) is 9.77. The topological polar surface area (TPSA) is 78.8 Å². The Morgan fingerprint density at radius 1 is 1.28 bits per heavy atom. The number of para-hydroxylation sites is 1. The molecule has 2 aromatic rings. The Balaban J connectivity index is 1.51. The van der Waals surface area contributed by atoms with E-state index >= 15 is 0 Å². The van der Waals surface area contributed by atoms with E-state index in [1.54, 1.807) is 44.8 Å². The van der Waals surface area contributed by atoms with Gasteiger partial charge >= 0.3 is 0 Å². The van der Waals surface area contributed by atoms with Gasteiger partial charge in [-0.3, -0.25) is 24.0 Å². The molecular weight excluding hydrogens is 370 g/mol. The second-order valence-electron chi connectivity index (χ2n) is 7.94. The van der Waals surface area contributed by atoms with E-state index in [1.807, 2.05) is 32.3 Å². The van der Waals surface area contributed by atoms with Crippen molar-refractivity contribution in [2.75, 3.05) is 18.5 Å². The maximum atomic E-state index is 13.2. The van der Waals surface area contributed by atoms with Crippen LogP contribution in [0.5, 0.6) is 0 Å². The summed E-state index contributed by atoms with van der Waals surface area (Å²) in [6.07, 6.45) is 4.76. The summed E-state index contributed by atoms with van der Waals surface area (Å²) >= 11 is 0. The van der Waals surface area contributed by atoms with Crippen LogP contribution in [-0.2, 0) is 23.2 Å². The fraction of sp³-hybridized carbons (Fsp3) is 0.429. The third-order valence-electron chi connectivity index (χ3n) is 5.90. The quantitative estimate of drug-likeness (QED) is 0.773. The zero-order chi connectivity index (χ0) is 20.8. The fourth-order valence-corrected chi connectivity index (χ4v) is 4.36. The number of nitrogens with zero attached hydrogens (tertiary/aromatic N) is 5. The summed E-state index contributed by atoms with van der Waals surface area (Å²) in [5.41, 5.74) is 1.39.